The third-order valence-electron chi connectivity index (χ3n) is 5.34. The van der Waals surface area contributed by atoms with E-state index in [9.17, 15) is 23.7 Å². The highest BCUT2D eigenvalue weighted by atomic mass is 19.3. The van der Waals surface area contributed by atoms with Crippen LogP contribution in [0, 0.1) is 17.0 Å². The van der Waals surface area contributed by atoms with Crippen LogP contribution in [-0.4, -0.2) is 53.5 Å². The first-order valence-corrected chi connectivity index (χ1v) is 9.97. The molecule has 2 aromatic carbocycles. The Morgan fingerprint density at radius 3 is 2.41 bits per heavy atom. The number of hydrogen-bond acceptors (Lipinski definition) is 6. The minimum Gasteiger partial charge on any atom is -0.435 e. The van der Waals surface area contributed by atoms with E-state index in [-0.39, 0.29) is 17.3 Å². The minimum absolute atomic E-state index is 0.0615. The van der Waals surface area contributed by atoms with Gasteiger partial charge in [0.2, 0.25) is 0 Å². The summed E-state index contributed by atoms with van der Waals surface area (Å²) in [5.74, 6) is -0.130. The number of ether oxygens (including phenoxy) is 1. The van der Waals surface area contributed by atoms with Gasteiger partial charge >= 0.3 is 6.61 Å². The molecule has 0 atom stereocenters. The zero-order chi connectivity index (χ0) is 22.8. The SMILES string of the molecule is Cc1cc(N2CCN(C(=O)c3ccc([N+](=O)[O-])cc3)CC2)c2cc(OC(F)F)ccc2n1. The van der Waals surface area contributed by atoms with Gasteiger partial charge < -0.3 is 14.5 Å². The van der Waals surface area contributed by atoms with E-state index < -0.39 is 11.5 Å². The molecule has 1 aliphatic rings. The zero-order valence-corrected chi connectivity index (χ0v) is 17.2. The highest BCUT2D eigenvalue weighted by Crippen LogP contribution is 2.31. The highest BCUT2D eigenvalue weighted by molar-refractivity contribution is 5.95. The topological polar surface area (TPSA) is 88.8 Å². The number of anilines is 1. The Balaban J connectivity index is 1.52. The van der Waals surface area contributed by atoms with E-state index in [4.69, 9.17) is 0 Å². The quantitative estimate of drug-likeness (QED) is 0.438. The molecule has 3 aromatic rings. The van der Waals surface area contributed by atoms with Crippen molar-refractivity contribution >= 4 is 28.2 Å². The van der Waals surface area contributed by atoms with Gasteiger partial charge in [0.15, 0.2) is 0 Å². The molecule has 8 nitrogen and oxygen atoms in total. The van der Waals surface area contributed by atoms with E-state index in [0.29, 0.717) is 42.6 Å². The molecule has 0 bridgehead atoms. The molecule has 0 saturated carbocycles. The standard InChI is InChI=1S/C22H20F2N4O4/c1-14-12-20(18-13-17(32-22(23)24)6-7-19(18)25-14)26-8-10-27(11-9-26)21(29)15-2-4-16(5-3-15)28(30)31/h2-7,12-13,22H,8-11H2,1H3. The Morgan fingerprint density at radius 1 is 1.09 bits per heavy atom. The van der Waals surface area contributed by atoms with Crippen molar-refractivity contribution in [1.29, 1.82) is 0 Å². The molecule has 10 heteroatoms. The van der Waals surface area contributed by atoms with Gasteiger partial charge in [-0.05, 0) is 43.3 Å². The van der Waals surface area contributed by atoms with Crippen LogP contribution in [0.3, 0.4) is 0 Å². The normalized spacial score (nSPS) is 14.1. The maximum absolute atomic E-state index is 12.8. The fourth-order valence-electron chi connectivity index (χ4n) is 3.81. The summed E-state index contributed by atoms with van der Waals surface area (Å²) >= 11 is 0. The minimum atomic E-state index is -2.91. The van der Waals surface area contributed by atoms with Gasteiger partial charge in [0.1, 0.15) is 5.75 Å². The Bertz CT molecular complexity index is 1160. The van der Waals surface area contributed by atoms with Gasteiger partial charge in [-0.25, -0.2) is 0 Å². The van der Waals surface area contributed by atoms with Crippen molar-refractivity contribution in [3.8, 4) is 5.75 Å². The average Bonchev–Trinajstić information content (AvgIpc) is 2.78. The number of aryl methyl sites for hydroxylation is 1. The predicted molar refractivity (Wildman–Crippen MR) is 114 cm³/mol. The number of nitro benzene ring substituents is 1. The zero-order valence-electron chi connectivity index (χ0n) is 17.2. The molecular formula is C22H20F2N4O4. The number of hydrogen-bond donors (Lipinski definition) is 0. The number of fused-ring (bicyclic) bond motifs is 1. The van der Waals surface area contributed by atoms with Crippen molar-refractivity contribution < 1.29 is 23.2 Å². The van der Waals surface area contributed by atoms with E-state index in [1.54, 1.807) is 17.0 Å². The molecule has 1 fully saturated rings. The smallest absolute Gasteiger partial charge is 0.387 e. The lowest BCUT2D eigenvalue weighted by Crippen LogP contribution is -2.48. The molecular weight excluding hydrogens is 422 g/mol. The van der Waals surface area contributed by atoms with Crippen LogP contribution in [0.4, 0.5) is 20.2 Å². The maximum Gasteiger partial charge on any atom is 0.387 e. The summed E-state index contributed by atoms with van der Waals surface area (Å²) in [5, 5.41) is 11.5. The predicted octanol–water partition coefficient (Wildman–Crippen LogP) is 4.02. The summed E-state index contributed by atoms with van der Waals surface area (Å²) in [7, 11) is 0. The van der Waals surface area contributed by atoms with Crippen molar-refractivity contribution in [2.75, 3.05) is 31.1 Å². The molecule has 0 radical (unpaired) electrons. The van der Waals surface area contributed by atoms with E-state index in [0.717, 1.165) is 11.4 Å². The molecule has 4 rings (SSSR count). The third kappa shape index (κ3) is 4.43. The largest absolute Gasteiger partial charge is 0.435 e. The van der Waals surface area contributed by atoms with Crippen LogP contribution in [-0.2, 0) is 0 Å². The number of amides is 1. The number of benzene rings is 2. The van der Waals surface area contributed by atoms with Crippen LogP contribution >= 0.6 is 0 Å². The van der Waals surface area contributed by atoms with Gasteiger partial charge in [-0.1, -0.05) is 0 Å². The average molecular weight is 442 g/mol. The Morgan fingerprint density at radius 2 is 1.78 bits per heavy atom. The van der Waals surface area contributed by atoms with Gasteiger partial charge in [-0.15, -0.1) is 0 Å². The second-order valence-electron chi connectivity index (χ2n) is 7.42. The molecule has 0 aliphatic carbocycles. The summed E-state index contributed by atoms with van der Waals surface area (Å²) in [6.45, 7) is 0.927. The molecule has 2 heterocycles. The van der Waals surface area contributed by atoms with Gasteiger partial charge in [0, 0.05) is 60.6 Å². The van der Waals surface area contributed by atoms with Crippen LogP contribution in [0.5, 0.6) is 5.75 Å². The first-order chi connectivity index (χ1) is 15.3. The Hall–Kier alpha value is -3.82. The molecule has 1 amide bonds. The Labute approximate surface area is 182 Å². The van der Waals surface area contributed by atoms with Crippen molar-refractivity contribution in [2.24, 2.45) is 0 Å². The number of carbonyl (C=O) groups is 1. The van der Waals surface area contributed by atoms with Crippen molar-refractivity contribution in [1.82, 2.24) is 9.88 Å². The maximum atomic E-state index is 12.8. The van der Waals surface area contributed by atoms with Gasteiger partial charge in [-0.3, -0.25) is 19.9 Å². The molecule has 1 aromatic heterocycles. The van der Waals surface area contributed by atoms with E-state index in [1.165, 1.54) is 30.3 Å². The number of carbonyl (C=O) groups excluding carboxylic acids is 1. The molecule has 166 valence electrons. The first-order valence-electron chi connectivity index (χ1n) is 9.97. The fourth-order valence-corrected chi connectivity index (χ4v) is 3.81. The highest BCUT2D eigenvalue weighted by Gasteiger charge is 2.24. The summed E-state index contributed by atoms with van der Waals surface area (Å²) in [4.78, 5) is 31.3. The van der Waals surface area contributed by atoms with Crippen molar-refractivity contribution in [3.05, 3.63) is 69.9 Å². The first kappa shape index (κ1) is 21.4. The Kier molecular flexibility index (Phi) is 5.85. The lowest BCUT2D eigenvalue weighted by atomic mass is 10.1. The summed E-state index contributed by atoms with van der Waals surface area (Å²) in [6.07, 6.45) is 0. The van der Waals surface area contributed by atoms with E-state index in [1.807, 2.05) is 13.0 Å². The van der Waals surface area contributed by atoms with Gasteiger partial charge in [0.05, 0.1) is 10.4 Å². The van der Waals surface area contributed by atoms with E-state index >= 15 is 0 Å². The number of pyridine rings is 1. The number of halogens is 2. The summed E-state index contributed by atoms with van der Waals surface area (Å²) < 4.78 is 29.8. The lowest BCUT2D eigenvalue weighted by molar-refractivity contribution is -0.384. The van der Waals surface area contributed by atoms with Gasteiger partial charge in [0.25, 0.3) is 11.6 Å². The summed E-state index contributed by atoms with van der Waals surface area (Å²) in [6, 6.07) is 12.1. The molecule has 0 unspecified atom stereocenters. The molecule has 0 N–H and O–H groups in total. The number of nitro groups is 1. The molecule has 1 saturated heterocycles. The number of piperazine rings is 1. The van der Waals surface area contributed by atoms with Crippen molar-refractivity contribution in [3.63, 3.8) is 0 Å². The van der Waals surface area contributed by atoms with Gasteiger partial charge in [-0.2, -0.15) is 8.78 Å². The second kappa shape index (κ2) is 8.74. The number of nitrogens with zero attached hydrogens (tertiary/aromatic N) is 4. The lowest BCUT2D eigenvalue weighted by Gasteiger charge is -2.36. The number of non-ortho nitro benzene ring substituents is 1. The molecule has 0 spiro atoms. The second-order valence-corrected chi connectivity index (χ2v) is 7.42. The van der Waals surface area contributed by atoms with Crippen LogP contribution in [0.15, 0.2) is 48.5 Å². The van der Waals surface area contributed by atoms with Crippen LogP contribution < -0.4 is 9.64 Å². The molecule has 1 aliphatic heterocycles. The van der Waals surface area contributed by atoms with Crippen LogP contribution in [0.2, 0.25) is 0 Å². The van der Waals surface area contributed by atoms with Crippen LogP contribution in [0.25, 0.3) is 10.9 Å². The van der Waals surface area contributed by atoms with E-state index in [2.05, 4.69) is 14.6 Å². The number of rotatable bonds is 5. The third-order valence-corrected chi connectivity index (χ3v) is 5.34. The van der Waals surface area contributed by atoms with Crippen LogP contribution in [0.1, 0.15) is 16.1 Å². The van der Waals surface area contributed by atoms with Crippen molar-refractivity contribution in [2.45, 2.75) is 13.5 Å². The number of alkyl halides is 2. The summed E-state index contributed by atoms with van der Waals surface area (Å²) in [5.41, 5.74) is 2.63. The number of aromatic nitrogens is 1. The molecule has 32 heavy (non-hydrogen) atoms. The monoisotopic (exact) mass is 442 g/mol. The fraction of sp³-hybridized carbons (Fsp3) is 0.273.